The van der Waals surface area contributed by atoms with Crippen molar-refractivity contribution >= 4 is 0 Å². The van der Waals surface area contributed by atoms with Gasteiger partial charge < -0.3 is 4.74 Å². The molecule has 0 spiro atoms. The normalized spacial score (nSPS) is 12.8. The zero-order valence-electron chi connectivity index (χ0n) is 20.8. The van der Waals surface area contributed by atoms with Gasteiger partial charge in [-0.15, -0.1) is 0 Å². The van der Waals surface area contributed by atoms with E-state index in [4.69, 9.17) is 4.74 Å². The van der Waals surface area contributed by atoms with Crippen LogP contribution in [0, 0.1) is 20.2 Å². The first-order valence-corrected chi connectivity index (χ1v) is 13.0. The smallest absolute Gasteiger partial charge is 0.238 e. The summed E-state index contributed by atoms with van der Waals surface area (Å²) in [6, 6.07) is 17.3. The third kappa shape index (κ3) is 11.9. The summed E-state index contributed by atoms with van der Waals surface area (Å²) in [4.78, 5) is 22.3. The summed E-state index contributed by atoms with van der Waals surface area (Å²) in [6.45, 7) is 1.53. The number of hydrogen-bond donors (Lipinski definition) is 0. The zero-order chi connectivity index (χ0) is 25.1. The largest absolute Gasteiger partial charge is 0.381 e. The van der Waals surface area contributed by atoms with E-state index in [-0.39, 0.29) is 9.85 Å². The van der Waals surface area contributed by atoms with Crippen molar-refractivity contribution in [2.24, 2.45) is 0 Å². The fraction of sp³-hybridized carbons (Fsp3) is 0.571. The second-order valence-corrected chi connectivity index (χ2v) is 9.15. The van der Waals surface area contributed by atoms with Crippen molar-refractivity contribution in [1.82, 2.24) is 0 Å². The molecule has 0 heterocycles. The lowest BCUT2D eigenvalue weighted by molar-refractivity contribution is -0.530. The molecule has 0 aromatic heterocycles. The van der Waals surface area contributed by atoms with Crippen LogP contribution in [-0.2, 0) is 4.74 Å². The molecule has 2 aromatic rings. The van der Waals surface area contributed by atoms with Crippen molar-refractivity contribution < 1.29 is 14.6 Å². The van der Waals surface area contributed by atoms with Gasteiger partial charge in [0.1, 0.15) is 0 Å². The standard InChI is InChI=1S/C28H40N2O5/c31-29(32)27(25-17-9-7-10-18-25)21-13-3-1-5-15-23-35-24-16-6-2-4-14-22-28(30(33)34)26-19-11-8-12-20-26/h7-12,17-20,27-28H,1-6,13-16,21-24H2. The average Bonchev–Trinajstić information content (AvgIpc) is 2.86. The highest BCUT2D eigenvalue weighted by Gasteiger charge is 2.22. The summed E-state index contributed by atoms with van der Waals surface area (Å²) in [5.74, 6) is 0. The molecule has 0 aliphatic carbocycles. The van der Waals surface area contributed by atoms with Gasteiger partial charge in [0.2, 0.25) is 12.1 Å². The summed E-state index contributed by atoms with van der Waals surface area (Å²) >= 11 is 0. The van der Waals surface area contributed by atoms with Gasteiger partial charge in [0.25, 0.3) is 0 Å². The molecule has 7 heteroatoms. The van der Waals surface area contributed by atoms with Crippen LogP contribution < -0.4 is 0 Å². The maximum absolute atomic E-state index is 11.3. The Labute approximate surface area is 209 Å². The molecule has 0 aliphatic rings. The quantitative estimate of drug-likeness (QED) is 0.109. The van der Waals surface area contributed by atoms with E-state index in [0.29, 0.717) is 12.8 Å². The number of hydrogen-bond acceptors (Lipinski definition) is 5. The molecule has 2 aromatic carbocycles. The Hall–Kier alpha value is -2.80. The van der Waals surface area contributed by atoms with E-state index in [0.717, 1.165) is 88.5 Å². The third-order valence-corrected chi connectivity index (χ3v) is 6.41. The Morgan fingerprint density at radius 2 is 0.886 bits per heavy atom. The van der Waals surface area contributed by atoms with Crippen molar-refractivity contribution in [1.29, 1.82) is 0 Å². The van der Waals surface area contributed by atoms with Crippen molar-refractivity contribution in [2.45, 2.75) is 89.1 Å². The van der Waals surface area contributed by atoms with Gasteiger partial charge >= 0.3 is 0 Å². The highest BCUT2D eigenvalue weighted by Crippen LogP contribution is 2.24. The second kappa shape index (κ2) is 17.6. The van der Waals surface area contributed by atoms with E-state index < -0.39 is 12.1 Å². The minimum atomic E-state index is -0.599. The van der Waals surface area contributed by atoms with Crippen LogP contribution in [0.1, 0.15) is 100 Å². The molecule has 2 unspecified atom stereocenters. The molecule has 0 amide bonds. The topological polar surface area (TPSA) is 95.5 Å². The minimum absolute atomic E-state index is 0.169. The molecule has 0 bridgehead atoms. The lowest BCUT2D eigenvalue weighted by atomic mass is 10.0. The lowest BCUT2D eigenvalue weighted by Crippen LogP contribution is -2.10. The summed E-state index contributed by atoms with van der Waals surface area (Å²) in [7, 11) is 0. The molecular weight excluding hydrogens is 444 g/mol. The Morgan fingerprint density at radius 1 is 0.543 bits per heavy atom. The van der Waals surface area contributed by atoms with Gasteiger partial charge in [-0.05, 0) is 25.7 Å². The van der Waals surface area contributed by atoms with E-state index in [9.17, 15) is 20.2 Å². The Bertz CT molecular complexity index is 762. The van der Waals surface area contributed by atoms with Crippen molar-refractivity contribution in [3.05, 3.63) is 92.0 Å². The monoisotopic (exact) mass is 484 g/mol. The molecule has 0 fully saturated rings. The first-order chi connectivity index (χ1) is 17.1. The van der Waals surface area contributed by atoms with Gasteiger partial charge in [-0.2, -0.15) is 0 Å². The fourth-order valence-electron chi connectivity index (χ4n) is 4.38. The average molecular weight is 485 g/mol. The van der Waals surface area contributed by atoms with Gasteiger partial charge in [-0.1, -0.05) is 99.2 Å². The molecule has 0 saturated heterocycles. The van der Waals surface area contributed by atoms with E-state index in [1.165, 1.54) is 0 Å². The first-order valence-electron chi connectivity index (χ1n) is 13.0. The molecule has 0 aliphatic heterocycles. The number of rotatable bonds is 20. The molecule has 7 nitrogen and oxygen atoms in total. The molecule has 35 heavy (non-hydrogen) atoms. The second-order valence-electron chi connectivity index (χ2n) is 9.15. The Kier molecular flexibility index (Phi) is 14.3. The number of nitro groups is 2. The van der Waals surface area contributed by atoms with Crippen LogP contribution in [0.4, 0.5) is 0 Å². The zero-order valence-corrected chi connectivity index (χ0v) is 20.8. The Balaban J connectivity index is 1.39. The van der Waals surface area contributed by atoms with E-state index >= 15 is 0 Å². The van der Waals surface area contributed by atoms with Gasteiger partial charge in [0.05, 0.1) is 0 Å². The molecule has 2 atom stereocenters. The van der Waals surface area contributed by atoms with Gasteiger partial charge in [0.15, 0.2) is 0 Å². The van der Waals surface area contributed by atoms with Crippen LogP contribution in [0.5, 0.6) is 0 Å². The predicted molar refractivity (Wildman–Crippen MR) is 139 cm³/mol. The number of unbranched alkanes of at least 4 members (excludes halogenated alkanes) is 8. The van der Waals surface area contributed by atoms with Crippen LogP contribution in [0.15, 0.2) is 60.7 Å². The molecule has 192 valence electrons. The van der Waals surface area contributed by atoms with Crippen molar-refractivity contribution in [3.63, 3.8) is 0 Å². The lowest BCUT2D eigenvalue weighted by Gasteiger charge is -2.10. The fourth-order valence-corrected chi connectivity index (χ4v) is 4.38. The highest BCUT2D eigenvalue weighted by molar-refractivity contribution is 5.18. The maximum atomic E-state index is 11.3. The molecule has 0 saturated carbocycles. The Morgan fingerprint density at radius 3 is 1.26 bits per heavy atom. The maximum Gasteiger partial charge on any atom is 0.238 e. The molecule has 0 N–H and O–H groups in total. The van der Waals surface area contributed by atoms with Crippen LogP contribution in [0.2, 0.25) is 0 Å². The number of benzene rings is 2. The number of ether oxygens (including phenoxy) is 1. The van der Waals surface area contributed by atoms with Crippen LogP contribution in [0.25, 0.3) is 0 Å². The van der Waals surface area contributed by atoms with E-state index in [2.05, 4.69) is 0 Å². The predicted octanol–water partition coefficient (Wildman–Crippen LogP) is 7.72. The van der Waals surface area contributed by atoms with Crippen molar-refractivity contribution in [3.8, 4) is 0 Å². The molecule has 2 rings (SSSR count). The van der Waals surface area contributed by atoms with E-state index in [1.54, 1.807) is 0 Å². The SMILES string of the molecule is O=[N+]([O-])C(CCCCCCCOCCCCCCCC(c1ccccc1)[N+](=O)[O-])c1ccccc1. The third-order valence-electron chi connectivity index (χ3n) is 6.41. The van der Waals surface area contributed by atoms with E-state index in [1.807, 2.05) is 60.7 Å². The van der Waals surface area contributed by atoms with Crippen molar-refractivity contribution in [2.75, 3.05) is 13.2 Å². The number of nitrogens with zero attached hydrogens (tertiary/aromatic N) is 2. The van der Waals surface area contributed by atoms with Crippen LogP contribution in [-0.4, -0.2) is 23.1 Å². The van der Waals surface area contributed by atoms with Gasteiger partial charge in [-0.3, -0.25) is 20.2 Å². The van der Waals surface area contributed by atoms with Crippen LogP contribution >= 0.6 is 0 Å². The summed E-state index contributed by atoms with van der Waals surface area (Å²) in [5.41, 5.74) is 1.58. The van der Waals surface area contributed by atoms with Crippen LogP contribution in [0.3, 0.4) is 0 Å². The summed E-state index contributed by atoms with van der Waals surface area (Å²) in [6.07, 6.45) is 11.3. The highest BCUT2D eigenvalue weighted by atomic mass is 16.6. The van der Waals surface area contributed by atoms with Gasteiger partial charge in [-0.25, -0.2) is 0 Å². The minimum Gasteiger partial charge on any atom is -0.381 e. The summed E-state index contributed by atoms with van der Waals surface area (Å²) in [5, 5.41) is 22.7. The summed E-state index contributed by atoms with van der Waals surface area (Å²) < 4.78 is 5.72. The molecule has 0 radical (unpaired) electrons. The van der Waals surface area contributed by atoms with Gasteiger partial charge in [0, 0.05) is 47.0 Å². The first kappa shape index (κ1) is 28.4. The molecular formula is C28H40N2O5.